The van der Waals surface area contributed by atoms with Gasteiger partial charge in [-0.25, -0.2) is 4.79 Å². The zero-order valence-corrected chi connectivity index (χ0v) is 9.41. The Balaban J connectivity index is 2.87. The van der Waals surface area contributed by atoms with Crippen LogP contribution in [-0.4, -0.2) is 17.2 Å². The molecule has 1 aromatic rings. The predicted octanol–water partition coefficient (Wildman–Crippen LogP) is 2.89. The smallest absolute Gasteiger partial charge is 0.344 e. The average Bonchev–Trinajstić information content (AvgIpc) is 2.18. The van der Waals surface area contributed by atoms with E-state index in [1.54, 1.807) is 25.1 Å². The van der Waals surface area contributed by atoms with Gasteiger partial charge in [0.2, 0.25) is 0 Å². The van der Waals surface area contributed by atoms with E-state index >= 15 is 0 Å². The summed E-state index contributed by atoms with van der Waals surface area (Å²) in [5.74, 6) is -0.436. The highest BCUT2D eigenvalue weighted by Crippen LogP contribution is 2.24. The zero-order chi connectivity index (χ0) is 11.4. The monoisotopic (exact) mass is 228 g/mol. The van der Waals surface area contributed by atoms with Gasteiger partial charge in [0.1, 0.15) is 5.75 Å². The molecule has 0 amide bonds. The van der Waals surface area contributed by atoms with Gasteiger partial charge in [-0.05, 0) is 31.0 Å². The van der Waals surface area contributed by atoms with E-state index in [4.69, 9.17) is 21.4 Å². The van der Waals surface area contributed by atoms with Crippen LogP contribution < -0.4 is 4.74 Å². The van der Waals surface area contributed by atoms with E-state index < -0.39 is 12.1 Å². The Labute approximate surface area is 93.6 Å². The van der Waals surface area contributed by atoms with E-state index in [9.17, 15) is 4.79 Å². The van der Waals surface area contributed by atoms with Crippen molar-refractivity contribution in [2.45, 2.75) is 26.4 Å². The van der Waals surface area contributed by atoms with Crippen molar-refractivity contribution in [3.8, 4) is 5.75 Å². The van der Waals surface area contributed by atoms with Crippen LogP contribution in [0.5, 0.6) is 5.75 Å². The van der Waals surface area contributed by atoms with Crippen LogP contribution in [-0.2, 0) is 4.79 Å². The van der Waals surface area contributed by atoms with Crippen molar-refractivity contribution in [3.05, 3.63) is 28.8 Å². The van der Waals surface area contributed by atoms with Crippen molar-refractivity contribution in [1.29, 1.82) is 0 Å². The minimum absolute atomic E-state index is 0.418. The predicted molar refractivity (Wildman–Crippen MR) is 58.5 cm³/mol. The Hall–Kier alpha value is -1.22. The van der Waals surface area contributed by atoms with Crippen molar-refractivity contribution in [2.24, 2.45) is 0 Å². The summed E-state index contributed by atoms with van der Waals surface area (Å²) in [6, 6.07) is 5.17. The van der Waals surface area contributed by atoms with E-state index in [1.807, 2.05) is 6.92 Å². The van der Waals surface area contributed by atoms with E-state index in [1.165, 1.54) is 0 Å². The van der Waals surface area contributed by atoms with Gasteiger partial charge in [0, 0.05) is 5.02 Å². The van der Waals surface area contributed by atoms with Crippen LogP contribution in [0.15, 0.2) is 18.2 Å². The summed E-state index contributed by atoms with van der Waals surface area (Å²) in [6.45, 7) is 3.61. The number of carboxylic acids is 1. The normalized spacial score (nSPS) is 12.2. The number of hydrogen-bond acceptors (Lipinski definition) is 2. The lowest BCUT2D eigenvalue weighted by Gasteiger charge is -2.15. The molecule has 0 radical (unpaired) electrons. The molecule has 0 aromatic heterocycles. The number of halogens is 1. The minimum Gasteiger partial charge on any atom is -0.479 e. The first-order valence-electron chi connectivity index (χ1n) is 4.70. The van der Waals surface area contributed by atoms with Crippen LogP contribution >= 0.6 is 11.6 Å². The molecule has 0 saturated heterocycles. The van der Waals surface area contributed by atoms with Crippen LogP contribution in [0.2, 0.25) is 5.02 Å². The average molecular weight is 229 g/mol. The largest absolute Gasteiger partial charge is 0.479 e. The first-order valence-corrected chi connectivity index (χ1v) is 5.08. The van der Waals surface area contributed by atoms with Crippen LogP contribution in [0.3, 0.4) is 0 Å². The van der Waals surface area contributed by atoms with E-state index in [0.29, 0.717) is 17.2 Å². The molecule has 82 valence electrons. The highest BCUT2D eigenvalue weighted by atomic mass is 35.5. The van der Waals surface area contributed by atoms with Crippen LogP contribution in [0.25, 0.3) is 0 Å². The highest BCUT2D eigenvalue weighted by Gasteiger charge is 2.17. The molecule has 0 bridgehead atoms. The van der Waals surface area contributed by atoms with Gasteiger partial charge in [-0.1, -0.05) is 24.6 Å². The molecule has 15 heavy (non-hydrogen) atoms. The summed E-state index contributed by atoms with van der Waals surface area (Å²) in [6.07, 6.45) is -0.399. The lowest BCUT2D eigenvalue weighted by atomic mass is 10.2. The van der Waals surface area contributed by atoms with Gasteiger partial charge in [0.25, 0.3) is 0 Å². The Morgan fingerprint density at radius 3 is 2.80 bits per heavy atom. The third-order valence-electron chi connectivity index (χ3n) is 2.07. The van der Waals surface area contributed by atoms with Crippen molar-refractivity contribution < 1.29 is 14.6 Å². The minimum atomic E-state index is -0.961. The van der Waals surface area contributed by atoms with Gasteiger partial charge in [0.15, 0.2) is 6.10 Å². The first-order chi connectivity index (χ1) is 7.04. The fraction of sp³-hybridized carbons (Fsp3) is 0.364. The first kappa shape index (κ1) is 11.9. The SMILES string of the molecule is CC[C@@H](Oc1cc(Cl)ccc1C)C(=O)O. The molecule has 0 heterocycles. The summed E-state index contributed by atoms with van der Waals surface area (Å²) in [5.41, 5.74) is 0.874. The molecular weight excluding hydrogens is 216 g/mol. The molecule has 1 aromatic carbocycles. The number of benzene rings is 1. The number of aliphatic carboxylic acids is 1. The molecule has 0 aliphatic rings. The van der Waals surface area contributed by atoms with Crippen molar-refractivity contribution in [3.63, 3.8) is 0 Å². The Morgan fingerprint density at radius 1 is 1.60 bits per heavy atom. The molecule has 0 unspecified atom stereocenters. The molecule has 3 nitrogen and oxygen atoms in total. The third kappa shape index (κ3) is 3.13. The molecule has 1 rings (SSSR count). The second-order valence-corrected chi connectivity index (χ2v) is 3.70. The summed E-state index contributed by atoms with van der Waals surface area (Å²) >= 11 is 5.80. The van der Waals surface area contributed by atoms with Gasteiger partial charge in [-0.3, -0.25) is 0 Å². The Morgan fingerprint density at radius 2 is 2.27 bits per heavy atom. The molecule has 1 N–H and O–H groups in total. The quantitative estimate of drug-likeness (QED) is 0.862. The number of aryl methyl sites for hydroxylation is 1. The van der Waals surface area contributed by atoms with E-state index in [-0.39, 0.29) is 0 Å². The summed E-state index contributed by atoms with van der Waals surface area (Å²) in [7, 11) is 0. The van der Waals surface area contributed by atoms with Gasteiger partial charge in [-0.15, -0.1) is 0 Å². The molecule has 0 aliphatic heterocycles. The van der Waals surface area contributed by atoms with E-state index in [0.717, 1.165) is 5.56 Å². The standard InChI is InChI=1S/C11H13ClO3/c1-3-9(11(13)14)15-10-6-8(12)5-4-7(10)2/h4-6,9H,3H2,1-2H3,(H,13,14)/t9-/m1/s1. The summed E-state index contributed by atoms with van der Waals surface area (Å²) < 4.78 is 5.35. The maximum Gasteiger partial charge on any atom is 0.344 e. The number of hydrogen-bond donors (Lipinski definition) is 1. The molecule has 4 heteroatoms. The molecule has 1 atom stereocenters. The molecule has 0 saturated carbocycles. The van der Waals surface area contributed by atoms with Crippen LogP contribution in [0.1, 0.15) is 18.9 Å². The molecule has 0 spiro atoms. The van der Waals surface area contributed by atoms with Crippen molar-refractivity contribution >= 4 is 17.6 Å². The second-order valence-electron chi connectivity index (χ2n) is 3.26. The Bertz CT molecular complexity index is 363. The van der Waals surface area contributed by atoms with Gasteiger partial charge < -0.3 is 9.84 Å². The van der Waals surface area contributed by atoms with E-state index in [2.05, 4.69) is 0 Å². The van der Waals surface area contributed by atoms with Crippen LogP contribution in [0.4, 0.5) is 0 Å². The second kappa shape index (κ2) is 5.03. The molecule has 0 aliphatic carbocycles. The molecule has 0 fully saturated rings. The number of carboxylic acid groups (broad SMARTS) is 1. The Kier molecular flexibility index (Phi) is 3.97. The van der Waals surface area contributed by atoms with Crippen LogP contribution in [0, 0.1) is 6.92 Å². The topological polar surface area (TPSA) is 46.5 Å². The lowest BCUT2D eigenvalue weighted by Crippen LogP contribution is -2.26. The number of rotatable bonds is 4. The molecular formula is C11H13ClO3. The summed E-state index contributed by atoms with van der Waals surface area (Å²) in [5, 5.41) is 9.37. The maximum atomic E-state index is 10.8. The van der Waals surface area contributed by atoms with Crippen molar-refractivity contribution in [1.82, 2.24) is 0 Å². The zero-order valence-electron chi connectivity index (χ0n) is 8.66. The maximum absolute atomic E-state index is 10.8. The lowest BCUT2D eigenvalue weighted by molar-refractivity contribution is -0.145. The van der Waals surface area contributed by atoms with Gasteiger partial charge >= 0.3 is 5.97 Å². The third-order valence-corrected chi connectivity index (χ3v) is 2.30. The number of carbonyl (C=O) groups is 1. The van der Waals surface area contributed by atoms with Gasteiger partial charge in [0.05, 0.1) is 0 Å². The fourth-order valence-corrected chi connectivity index (χ4v) is 1.32. The summed E-state index contributed by atoms with van der Waals surface area (Å²) in [4.78, 5) is 10.8. The fourth-order valence-electron chi connectivity index (χ4n) is 1.16. The van der Waals surface area contributed by atoms with Gasteiger partial charge in [-0.2, -0.15) is 0 Å². The van der Waals surface area contributed by atoms with Crippen molar-refractivity contribution in [2.75, 3.05) is 0 Å². The number of ether oxygens (including phenoxy) is 1. The highest BCUT2D eigenvalue weighted by molar-refractivity contribution is 6.30.